The van der Waals surface area contributed by atoms with Crippen molar-refractivity contribution in [2.75, 3.05) is 17.2 Å². The summed E-state index contributed by atoms with van der Waals surface area (Å²) in [6, 6.07) is 17.6. The van der Waals surface area contributed by atoms with Gasteiger partial charge in [0.2, 0.25) is 0 Å². The fraction of sp³-hybridized carbons (Fsp3) is 0.190. The number of thiazole rings is 1. The Bertz CT molecular complexity index is 1040. The third kappa shape index (κ3) is 3.95. The lowest BCUT2D eigenvalue weighted by Crippen LogP contribution is -2.34. The number of carbonyl (C=O) groups excluding carboxylic acids is 1. The molecule has 0 aliphatic carbocycles. The van der Waals surface area contributed by atoms with Gasteiger partial charge in [0, 0.05) is 23.8 Å². The van der Waals surface area contributed by atoms with Crippen LogP contribution in [0.2, 0.25) is 0 Å². The van der Waals surface area contributed by atoms with Crippen molar-refractivity contribution in [2.24, 2.45) is 0 Å². The van der Waals surface area contributed by atoms with Gasteiger partial charge in [0.1, 0.15) is 0 Å². The molecule has 142 valence electrons. The van der Waals surface area contributed by atoms with Gasteiger partial charge in [-0.25, -0.2) is 4.98 Å². The molecule has 5 nitrogen and oxygen atoms in total. The van der Waals surface area contributed by atoms with E-state index in [1.807, 2.05) is 65.5 Å². The van der Waals surface area contributed by atoms with Crippen LogP contribution in [0.1, 0.15) is 17.3 Å². The Morgan fingerprint density at radius 1 is 1.14 bits per heavy atom. The van der Waals surface area contributed by atoms with E-state index in [-0.39, 0.29) is 5.91 Å². The molecule has 4 rings (SSSR count). The number of fused-ring (bicyclic) bond motifs is 1. The highest BCUT2D eigenvalue weighted by atomic mass is 32.2. The van der Waals surface area contributed by atoms with Crippen LogP contribution in [0.15, 0.2) is 71.9 Å². The van der Waals surface area contributed by atoms with E-state index in [1.165, 1.54) is 0 Å². The van der Waals surface area contributed by atoms with Crippen LogP contribution < -0.4 is 4.90 Å². The number of hydrogen-bond donors (Lipinski definition) is 0. The number of anilines is 1. The van der Waals surface area contributed by atoms with E-state index in [9.17, 15) is 4.79 Å². The van der Waals surface area contributed by atoms with E-state index in [2.05, 4.69) is 12.0 Å². The Kier molecular flexibility index (Phi) is 5.73. The Labute approximate surface area is 172 Å². The first-order chi connectivity index (χ1) is 13.8. The molecule has 4 aromatic rings. The largest absolute Gasteiger partial charge is 0.282 e. The molecule has 0 aliphatic heterocycles. The second-order valence-corrected chi connectivity index (χ2v) is 8.43. The minimum absolute atomic E-state index is 0.0252. The van der Waals surface area contributed by atoms with Gasteiger partial charge in [-0.3, -0.25) is 14.4 Å². The summed E-state index contributed by atoms with van der Waals surface area (Å²) in [4.78, 5) is 21.0. The van der Waals surface area contributed by atoms with Crippen LogP contribution in [0.4, 0.5) is 5.13 Å². The van der Waals surface area contributed by atoms with Gasteiger partial charge in [-0.05, 0) is 36.1 Å². The molecule has 0 fully saturated rings. The molecule has 0 saturated carbocycles. The number of hydrogen-bond acceptors (Lipinski definition) is 5. The second-order valence-electron chi connectivity index (χ2n) is 6.12. The first-order valence-electron chi connectivity index (χ1n) is 9.13. The molecule has 0 spiro atoms. The molecule has 0 unspecified atom stereocenters. The van der Waals surface area contributed by atoms with Crippen molar-refractivity contribution >= 4 is 44.4 Å². The molecule has 0 saturated heterocycles. The number of rotatable bonds is 7. The van der Waals surface area contributed by atoms with Crippen molar-refractivity contribution in [3.63, 3.8) is 0 Å². The zero-order valence-electron chi connectivity index (χ0n) is 15.5. The molecule has 1 amide bonds. The third-order valence-corrected chi connectivity index (χ3v) is 6.30. The van der Waals surface area contributed by atoms with Crippen molar-refractivity contribution in [1.29, 1.82) is 0 Å². The highest BCUT2D eigenvalue weighted by Gasteiger charge is 2.23. The number of benzene rings is 2. The van der Waals surface area contributed by atoms with E-state index >= 15 is 0 Å². The third-order valence-electron chi connectivity index (χ3n) is 4.29. The Morgan fingerprint density at radius 2 is 1.96 bits per heavy atom. The molecule has 28 heavy (non-hydrogen) atoms. The Hall–Kier alpha value is -2.64. The van der Waals surface area contributed by atoms with Gasteiger partial charge in [0.05, 0.1) is 22.3 Å². The van der Waals surface area contributed by atoms with Crippen LogP contribution in [0.25, 0.3) is 10.2 Å². The van der Waals surface area contributed by atoms with Crippen molar-refractivity contribution in [2.45, 2.75) is 18.4 Å². The minimum Gasteiger partial charge on any atom is -0.282 e. The first kappa shape index (κ1) is 18.7. The van der Waals surface area contributed by atoms with E-state index in [0.29, 0.717) is 18.7 Å². The lowest BCUT2D eigenvalue weighted by Gasteiger charge is -2.21. The highest BCUT2D eigenvalue weighted by Crippen LogP contribution is 2.31. The zero-order chi connectivity index (χ0) is 19.3. The normalized spacial score (nSPS) is 11.0. The number of para-hydroxylation sites is 1. The topological polar surface area (TPSA) is 51.0 Å². The quantitative estimate of drug-likeness (QED) is 0.406. The van der Waals surface area contributed by atoms with Crippen LogP contribution in [-0.4, -0.2) is 33.0 Å². The zero-order valence-corrected chi connectivity index (χ0v) is 17.1. The summed E-state index contributed by atoms with van der Waals surface area (Å²) in [5.74, 6) is 0.890. The molecule has 2 aromatic carbocycles. The highest BCUT2D eigenvalue weighted by molar-refractivity contribution is 7.99. The van der Waals surface area contributed by atoms with Crippen molar-refractivity contribution in [1.82, 2.24) is 14.8 Å². The van der Waals surface area contributed by atoms with Crippen molar-refractivity contribution in [3.8, 4) is 0 Å². The Balaban J connectivity index is 1.70. The lowest BCUT2D eigenvalue weighted by atomic mass is 10.2. The SMILES string of the molecule is CCSc1ccccc1C(=O)N(CCn1cccn1)c1nc2ccccc2s1. The predicted octanol–water partition coefficient (Wildman–Crippen LogP) is 4.95. The summed E-state index contributed by atoms with van der Waals surface area (Å²) in [6.07, 6.45) is 3.65. The molecule has 0 radical (unpaired) electrons. The smallest absolute Gasteiger partial charge is 0.261 e. The molecule has 0 aliphatic rings. The molecule has 2 heterocycles. The van der Waals surface area contributed by atoms with Gasteiger partial charge < -0.3 is 0 Å². The van der Waals surface area contributed by atoms with Crippen LogP contribution in [0, 0.1) is 0 Å². The van der Waals surface area contributed by atoms with Crippen LogP contribution in [0.3, 0.4) is 0 Å². The maximum Gasteiger partial charge on any atom is 0.261 e. The molecule has 0 bridgehead atoms. The summed E-state index contributed by atoms with van der Waals surface area (Å²) in [6.45, 7) is 3.21. The van der Waals surface area contributed by atoms with Crippen molar-refractivity contribution < 1.29 is 4.79 Å². The van der Waals surface area contributed by atoms with Gasteiger partial charge in [0.15, 0.2) is 5.13 Å². The molecular formula is C21H20N4OS2. The summed E-state index contributed by atoms with van der Waals surface area (Å²) in [5, 5.41) is 4.98. The number of carbonyl (C=O) groups is 1. The van der Waals surface area contributed by atoms with Gasteiger partial charge in [-0.2, -0.15) is 5.10 Å². The van der Waals surface area contributed by atoms with E-state index < -0.39 is 0 Å². The van der Waals surface area contributed by atoms with Crippen LogP contribution in [-0.2, 0) is 6.54 Å². The monoisotopic (exact) mass is 408 g/mol. The number of nitrogens with zero attached hydrogens (tertiary/aromatic N) is 4. The molecule has 0 atom stereocenters. The van der Waals surface area contributed by atoms with Gasteiger partial charge in [-0.15, -0.1) is 11.8 Å². The fourth-order valence-electron chi connectivity index (χ4n) is 2.96. The van der Waals surface area contributed by atoms with E-state index in [4.69, 9.17) is 4.98 Å². The van der Waals surface area contributed by atoms with Gasteiger partial charge >= 0.3 is 0 Å². The standard InChI is InChI=1S/C21H20N4OS2/c1-2-27-18-10-5-3-8-16(18)20(26)25(15-14-24-13-7-12-22-24)21-23-17-9-4-6-11-19(17)28-21/h3-13H,2,14-15H2,1H3. The number of thioether (sulfide) groups is 1. The van der Waals surface area contributed by atoms with Crippen LogP contribution >= 0.6 is 23.1 Å². The Morgan fingerprint density at radius 3 is 2.75 bits per heavy atom. The van der Waals surface area contributed by atoms with Crippen LogP contribution in [0.5, 0.6) is 0 Å². The average molecular weight is 409 g/mol. The fourth-order valence-corrected chi connectivity index (χ4v) is 4.75. The molecule has 2 aromatic heterocycles. The van der Waals surface area contributed by atoms with Gasteiger partial charge in [-0.1, -0.05) is 42.5 Å². The lowest BCUT2D eigenvalue weighted by molar-refractivity contribution is 0.0983. The van der Waals surface area contributed by atoms with Gasteiger partial charge in [0.25, 0.3) is 5.91 Å². The average Bonchev–Trinajstić information content (AvgIpc) is 3.38. The minimum atomic E-state index is -0.0252. The summed E-state index contributed by atoms with van der Waals surface area (Å²) in [7, 11) is 0. The summed E-state index contributed by atoms with van der Waals surface area (Å²) in [5.41, 5.74) is 1.63. The molecule has 0 N–H and O–H groups in total. The van der Waals surface area contributed by atoms with E-state index in [0.717, 1.165) is 26.0 Å². The second kappa shape index (κ2) is 8.58. The molecular weight excluding hydrogens is 388 g/mol. The van der Waals surface area contributed by atoms with E-state index in [1.54, 1.807) is 34.2 Å². The maximum absolute atomic E-state index is 13.5. The maximum atomic E-state index is 13.5. The predicted molar refractivity (Wildman–Crippen MR) is 116 cm³/mol. The first-order valence-corrected chi connectivity index (χ1v) is 10.9. The van der Waals surface area contributed by atoms with Crippen molar-refractivity contribution in [3.05, 3.63) is 72.6 Å². The molecule has 7 heteroatoms. The number of aromatic nitrogens is 3. The summed E-state index contributed by atoms with van der Waals surface area (Å²) < 4.78 is 2.91. The number of amides is 1. The summed E-state index contributed by atoms with van der Waals surface area (Å²) >= 11 is 3.22.